The van der Waals surface area contributed by atoms with Crippen molar-refractivity contribution in [2.45, 2.75) is 38.1 Å². The highest BCUT2D eigenvalue weighted by atomic mass is 35.5. The summed E-state index contributed by atoms with van der Waals surface area (Å²) in [7, 11) is 0. The monoisotopic (exact) mass is 335 g/mol. The van der Waals surface area contributed by atoms with Crippen molar-refractivity contribution in [3.8, 4) is 0 Å². The van der Waals surface area contributed by atoms with Gasteiger partial charge in [-0.1, -0.05) is 30.7 Å². The Morgan fingerprint density at radius 1 is 1.30 bits per heavy atom. The van der Waals surface area contributed by atoms with Crippen molar-refractivity contribution in [2.75, 3.05) is 32.7 Å². The van der Waals surface area contributed by atoms with Crippen LogP contribution in [-0.2, 0) is 0 Å². The van der Waals surface area contributed by atoms with Gasteiger partial charge in [-0.15, -0.1) is 0 Å². The molecular weight excluding hydrogens is 310 g/mol. The van der Waals surface area contributed by atoms with Gasteiger partial charge in [0.2, 0.25) is 0 Å². The number of halogens is 1. The largest absolute Gasteiger partial charge is 0.338 e. The molecule has 3 rings (SSSR count). The molecule has 2 amide bonds. The lowest BCUT2D eigenvalue weighted by Gasteiger charge is -2.40. The molecule has 5 heteroatoms. The fraction of sp³-hybridized carbons (Fsp3) is 0.611. The maximum Gasteiger partial charge on any atom is 0.317 e. The van der Waals surface area contributed by atoms with Crippen LogP contribution >= 0.6 is 11.6 Å². The lowest BCUT2D eigenvalue weighted by atomic mass is 9.97. The van der Waals surface area contributed by atoms with Gasteiger partial charge < -0.3 is 15.1 Å². The molecule has 0 bridgehead atoms. The fourth-order valence-electron chi connectivity index (χ4n) is 3.72. The first-order valence-corrected chi connectivity index (χ1v) is 9.03. The standard InChI is InChI=1S/C18H26ClN3O/c1-14(15-4-2-5-16(19)12-15)13-21-10-6-17(7-11-21)22-9-3-8-20-18(22)23/h2,4-5,12,14,17H,3,6-11,13H2,1H3,(H,20,23). The Balaban J connectivity index is 1.50. The summed E-state index contributed by atoms with van der Waals surface area (Å²) in [5.41, 5.74) is 1.30. The van der Waals surface area contributed by atoms with E-state index in [0.29, 0.717) is 12.0 Å². The normalized spacial score (nSPS) is 22.0. The molecule has 0 spiro atoms. The second kappa shape index (κ2) is 7.54. The van der Waals surface area contributed by atoms with E-state index in [1.165, 1.54) is 5.56 Å². The van der Waals surface area contributed by atoms with Crippen LogP contribution in [0.1, 0.15) is 37.7 Å². The molecule has 0 radical (unpaired) electrons. The number of hydrogen-bond acceptors (Lipinski definition) is 2. The number of carbonyl (C=O) groups excluding carboxylic acids is 1. The molecule has 0 aromatic heterocycles. The number of hydrogen-bond donors (Lipinski definition) is 1. The zero-order chi connectivity index (χ0) is 16.2. The maximum absolute atomic E-state index is 12.0. The highest BCUT2D eigenvalue weighted by molar-refractivity contribution is 6.30. The van der Waals surface area contributed by atoms with Crippen LogP contribution in [0.3, 0.4) is 0 Å². The number of nitrogens with zero attached hydrogens (tertiary/aromatic N) is 2. The first-order chi connectivity index (χ1) is 11.1. The fourth-order valence-corrected chi connectivity index (χ4v) is 3.91. The van der Waals surface area contributed by atoms with Crippen molar-refractivity contribution in [3.05, 3.63) is 34.9 Å². The number of carbonyl (C=O) groups is 1. The van der Waals surface area contributed by atoms with E-state index in [0.717, 1.165) is 57.0 Å². The molecule has 4 nitrogen and oxygen atoms in total. The Kier molecular flexibility index (Phi) is 5.44. The first kappa shape index (κ1) is 16.6. The number of rotatable bonds is 4. The molecule has 2 aliphatic rings. The molecule has 2 fully saturated rings. The third-order valence-electron chi connectivity index (χ3n) is 5.06. The van der Waals surface area contributed by atoms with Gasteiger partial charge >= 0.3 is 6.03 Å². The zero-order valence-corrected chi connectivity index (χ0v) is 14.6. The van der Waals surface area contributed by atoms with Gasteiger partial charge in [0.05, 0.1) is 0 Å². The second-order valence-corrected chi connectivity index (χ2v) is 7.20. The number of amides is 2. The molecule has 1 atom stereocenters. The lowest BCUT2D eigenvalue weighted by molar-refractivity contribution is 0.109. The Morgan fingerprint density at radius 3 is 2.78 bits per heavy atom. The maximum atomic E-state index is 12.0. The van der Waals surface area contributed by atoms with E-state index in [1.807, 2.05) is 17.0 Å². The van der Waals surface area contributed by atoms with Gasteiger partial charge in [-0.2, -0.15) is 0 Å². The molecule has 1 aromatic carbocycles. The molecule has 0 saturated carbocycles. The van der Waals surface area contributed by atoms with Crippen LogP contribution in [0.25, 0.3) is 0 Å². The summed E-state index contributed by atoms with van der Waals surface area (Å²) in [6.45, 7) is 7.19. The van der Waals surface area contributed by atoms with E-state index in [4.69, 9.17) is 11.6 Å². The third-order valence-corrected chi connectivity index (χ3v) is 5.30. The Bertz CT molecular complexity index is 543. The topological polar surface area (TPSA) is 35.6 Å². The van der Waals surface area contributed by atoms with Crippen LogP contribution in [0, 0.1) is 0 Å². The summed E-state index contributed by atoms with van der Waals surface area (Å²) >= 11 is 6.09. The SMILES string of the molecule is CC(CN1CCC(N2CCCNC2=O)CC1)c1cccc(Cl)c1. The minimum atomic E-state index is 0.127. The second-order valence-electron chi connectivity index (χ2n) is 6.77. The van der Waals surface area contributed by atoms with Gasteiger partial charge in [-0.25, -0.2) is 4.79 Å². The summed E-state index contributed by atoms with van der Waals surface area (Å²) in [4.78, 5) is 16.5. The van der Waals surface area contributed by atoms with E-state index in [9.17, 15) is 4.79 Å². The van der Waals surface area contributed by atoms with E-state index < -0.39 is 0 Å². The third kappa shape index (κ3) is 4.18. The van der Waals surface area contributed by atoms with Crippen molar-refractivity contribution in [1.29, 1.82) is 0 Å². The molecule has 2 aliphatic heterocycles. The highest BCUT2D eigenvalue weighted by Gasteiger charge is 2.29. The van der Waals surface area contributed by atoms with Crippen LogP contribution in [0.2, 0.25) is 5.02 Å². The highest BCUT2D eigenvalue weighted by Crippen LogP contribution is 2.23. The van der Waals surface area contributed by atoms with Gasteiger partial charge in [0.1, 0.15) is 0 Å². The zero-order valence-electron chi connectivity index (χ0n) is 13.8. The van der Waals surface area contributed by atoms with Crippen LogP contribution < -0.4 is 5.32 Å². The summed E-state index contributed by atoms with van der Waals surface area (Å²) in [6, 6.07) is 8.70. The summed E-state index contributed by atoms with van der Waals surface area (Å²) in [5.74, 6) is 0.475. The number of benzene rings is 1. The van der Waals surface area contributed by atoms with Crippen molar-refractivity contribution in [3.63, 3.8) is 0 Å². The van der Waals surface area contributed by atoms with E-state index in [-0.39, 0.29) is 6.03 Å². The van der Waals surface area contributed by atoms with Crippen molar-refractivity contribution in [1.82, 2.24) is 15.1 Å². The molecule has 1 N–H and O–H groups in total. The Morgan fingerprint density at radius 2 is 2.09 bits per heavy atom. The van der Waals surface area contributed by atoms with Crippen LogP contribution in [0.15, 0.2) is 24.3 Å². The molecule has 0 aliphatic carbocycles. The molecule has 2 heterocycles. The molecule has 1 unspecified atom stereocenters. The average Bonchev–Trinajstić information content (AvgIpc) is 2.56. The molecule has 23 heavy (non-hydrogen) atoms. The van der Waals surface area contributed by atoms with E-state index in [2.05, 4.69) is 29.3 Å². The first-order valence-electron chi connectivity index (χ1n) is 8.66. The molecule has 1 aromatic rings. The average molecular weight is 336 g/mol. The van der Waals surface area contributed by atoms with Crippen LogP contribution in [0.5, 0.6) is 0 Å². The quantitative estimate of drug-likeness (QED) is 0.916. The number of nitrogens with one attached hydrogen (secondary N) is 1. The predicted molar refractivity (Wildman–Crippen MR) is 94.1 cm³/mol. The number of urea groups is 1. The Hall–Kier alpha value is -1.26. The van der Waals surface area contributed by atoms with Gasteiger partial charge in [0.25, 0.3) is 0 Å². The lowest BCUT2D eigenvalue weighted by Crippen LogP contribution is -2.54. The predicted octanol–water partition coefficient (Wildman–Crippen LogP) is 3.32. The van der Waals surface area contributed by atoms with Gasteiger partial charge in [-0.3, -0.25) is 0 Å². The number of likely N-dealkylation sites (tertiary alicyclic amines) is 1. The Labute approximate surface area is 143 Å². The van der Waals surface area contributed by atoms with Gasteiger partial charge in [0.15, 0.2) is 0 Å². The van der Waals surface area contributed by atoms with Gasteiger partial charge in [0, 0.05) is 43.8 Å². The van der Waals surface area contributed by atoms with Crippen LogP contribution in [-0.4, -0.2) is 54.6 Å². The summed E-state index contributed by atoms with van der Waals surface area (Å²) < 4.78 is 0. The smallest absolute Gasteiger partial charge is 0.317 e. The molecule has 126 valence electrons. The molecule has 2 saturated heterocycles. The minimum absolute atomic E-state index is 0.127. The van der Waals surface area contributed by atoms with Crippen molar-refractivity contribution < 1.29 is 4.79 Å². The van der Waals surface area contributed by atoms with E-state index in [1.54, 1.807) is 0 Å². The van der Waals surface area contributed by atoms with Gasteiger partial charge in [-0.05, 0) is 42.9 Å². The number of piperidine rings is 1. The molecular formula is C18H26ClN3O. The van der Waals surface area contributed by atoms with E-state index >= 15 is 0 Å². The summed E-state index contributed by atoms with van der Waals surface area (Å²) in [6.07, 6.45) is 3.23. The summed E-state index contributed by atoms with van der Waals surface area (Å²) in [5, 5.41) is 3.77. The van der Waals surface area contributed by atoms with Crippen molar-refractivity contribution >= 4 is 17.6 Å². The van der Waals surface area contributed by atoms with Crippen molar-refractivity contribution in [2.24, 2.45) is 0 Å². The van der Waals surface area contributed by atoms with Crippen LogP contribution in [0.4, 0.5) is 4.79 Å². The minimum Gasteiger partial charge on any atom is -0.338 e.